The van der Waals surface area contributed by atoms with Crippen LogP contribution in [-0.4, -0.2) is 85.5 Å². The number of aliphatic hydroxyl groups is 3. The second kappa shape index (κ2) is 9.29. The summed E-state index contributed by atoms with van der Waals surface area (Å²) in [7, 11) is 3.14. The summed E-state index contributed by atoms with van der Waals surface area (Å²) in [5.74, 6) is -6.04. The van der Waals surface area contributed by atoms with Crippen molar-refractivity contribution in [2.24, 2.45) is 23.5 Å². The van der Waals surface area contributed by atoms with Gasteiger partial charge in [-0.2, -0.15) is 0 Å². The highest BCUT2D eigenvalue weighted by Crippen LogP contribution is 2.58. The highest BCUT2D eigenvalue weighted by Gasteiger charge is 2.64. The molecule has 11 heteroatoms. The standard InChI is InChI=1S/C30H36ClN3O7/c1-4-34(29(7-8-29)15-5-6-15)12-14-11-18(35)20-16(22(14)31)9-13-10-17-23(33(2)3)25(37)21(28(32)40)27(39)30(17,41)26(38)19(13)24(20)36/h11,13,15,17,23,35-36,39,41H,4-10,12H2,1-3H3,(H2,32,40)/t13-,17-,23-,30-/m0/s1. The number of Topliss-reactive ketones (excluding diaryl/α,β-unsaturated/α-hetero) is 2. The van der Waals surface area contributed by atoms with Gasteiger partial charge >= 0.3 is 0 Å². The highest BCUT2D eigenvalue weighted by molar-refractivity contribution is 6.32. The van der Waals surface area contributed by atoms with E-state index in [0.29, 0.717) is 23.0 Å². The molecule has 3 fully saturated rings. The molecule has 6 N–H and O–H groups in total. The van der Waals surface area contributed by atoms with Crippen molar-refractivity contribution >= 4 is 34.8 Å². The van der Waals surface area contributed by atoms with Crippen molar-refractivity contribution in [3.63, 3.8) is 0 Å². The van der Waals surface area contributed by atoms with Gasteiger partial charge in [-0.25, -0.2) is 0 Å². The first-order chi connectivity index (χ1) is 19.3. The molecule has 0 aromatic heterocycles. The minimum Gasteiger partial charge on any atom is -0.508 e. The highest BCUT2D eigenvalue weighted by atomic mass is 35.5. The molecular weight excluding hydrogens is 550 g/mol. The van der Waals surface area contributed by atoms with Crippen LogP contribution in [0.1, 0.15) is 55.7 Å². The number of rotatable bonds is 7. The molecule has 4 atom stereocenters. The fraction of sp³-hybridized carbons (Fsp3) is 0.567. The van der Waals surface area contributed by atoms with Gasteiger partial charge in [-0.15, -0.1) is 0 Å². The normalized spacial score (nSPS) is 30.5. The van der Waals surface area contributed by atoms with Crippen molar-refractivity contribution in [2.45, 2.75) is 69.2 Å². The number of primary amides is 1. The molecule has 0 radical (unpaired) electrons. The Balaban J connectivity index is 1.44. The molecule has 1 amide bonds. The Hall–Kier alpha value is -2.92. The first-order valence-electron chi connectivity index (χ1n) is 14.2. The number of carbonyl (C=O) groups excluding carboxylic acids is 3. The maximum Gasteiger partial charge on any atom is 0.255 e. The van der Waals surface area contributed by atoms with Crippen LogP contribution in [0.5, 0.6) is 5.75 Å². The Morgan fingerprint density at radius 2 is 1.83 bits per heavy atom. The van der Waals surface area contributed by atoms with Crippen molar-refractivity contribution in [3.8, 4) is 5.75 Å². The zero-order valence-corrected chi connectivity index (χ0v) is 24.2. The first-order valence-corrected chi connectivity index (χ1v) is 14.6. The van der Waals surface area contributed by atoms with Gasteiger partial charge in [0.25, 0.3) is 5.91 Å². The van der Waals surface area contributed by atoms with Gasteiger partial charge in [-0.3, -0.25) is 24.2 Å². The van der Waals surface area contributed by atoms with E-state index in [2.05, 4.69) is 11.8 Å². The molecule has 0 aliphatic heterocycles. The number of aromatic hydroxyl groups is 1. The molecule has 41 heavy (non-hydrogen) atoms. The van der Waals surface area contributed by atoms with Crippen LogP contribution in [0, 0.1) is 17.8 Å². The van der Waals surface area contributed by atoms with E-state index in [1.807, 2.05) is 0 Å². The minimum atomic E-state index is -2.66. The molecule has 0 spiro atoms. The number of fused-ring (bicyclic) bond motifs is 3. The largest absolute Gasteiger partial charge is 0.508 e. The number of carbonyl (C=O) groups is 3. The number of nitrogens with two attached hydrogens (primary N) is 1. The Bertz CT molecular complexity index is 1460. The summed E-state index contributed by atoms with van der Waals surface area (Å²) in [4.78, 5) is 43.2. The fourth-order valence-electron chi connectivity index (χ4n) is 7.98. The number of likely N-dealkylation sites (N-methyl/N-ethyl adjacent to an activating group) is 1. The first kappa shape index (κ1) is 28.2. The summed E-state index contributed by atoms with van der Waals surface area (Å²) in [5.41, 5.74) is 3.14. The van der Waals surface area contributed by atoms with Crippen molar-refractivity contribution in [1.29, 1.82) is 0 Å². The molecule has 6 rings (SSSR count). The molecule has 5 aliphatic rings. The van der Waals surface area contributed by atoms with Gasteiger partial charge in [0.15, 0.2) is 11.4 Å². The Labute approximate surface area is 243 Å². The number of hydrogen-bond donors (Lipinski definition) is 5. The summed E-state index contributed by atoms with van der Waals surface area (Å²) >= 11 is 6.98. The quantitative estimate of drug-likeness (QED) is 0.302. The third kappa shape index (κ3) is 3.84. The molecule has 0 heterocycles. The maximum absolute atomic E-state index is 14.0. The molecule has 1 aromatic rings. The SMILES string of the molecule is CCN(Cc1cc(O)c2c(c1Cl)C[C@H]1C[C@H]3[C@H](N(C)C)C(=O)C(C(N)=O)=C(O)[C@@]3(O)C(=O)C1=C2O)C1(C2CC2)CC1. The number of benzene rings is 1. The van der Waals surface area contributed by atoms with Crippen LogP contribution in [0.2, 0.25) is 5.02 Å². The Morgan fingerprint density at radius 3 is 2.37 bits per heavy atom. The van der Waals surface area contributed by atoms with E-state index in [0.717, 1.165) is 24.9 Å². The minimum absolute atomic E-state index is 0.0152. The van der Waals surface area contributed by atoms with Crippen molar-refractivity contribution in [3.05, 3.63) is 44.7 Å². The van der Waals surface area contributed by atoms with Crippen LogP contribution in [0.15, 0.2) is 23.0 Å². The average molecular weight is 586 g/mol. The predicted molar refractivity (Wildman–Crippen MR) is 150 cm³/mol. The number of nitrogens with zero attached hydrogens (tertiary/aromatic N) is 2. The number of aliphatic hydroxyl groups excluding tert-OH is 2. The molecule has 0 saturated heterocycles. The number of halogens is 1. The van der Waals surface area contributed by atoms with Gasteiger partial charge < -0.3 is 26.2 Å². The Kier molecular flexibility index (Phi) is 6.39. The van der Waals surface area contributed by atoms with E-state index >= 15 is 0 Å². The second-order valence-electron chi connectivity index (χ2n) is 12.6. The van der Waals surface area contributed by atoms with Gasteiger partial charge in [-0.1, -0.05) is 18.5 Å². The van der Waals surface area contributed by atoms with Crippen LogP contribution in [0.3, 0.4) is 0 Å². The molecule has 220 valence electrons. The van der Waals surface area contributed by atoms with Crippen molar-refractivity contribution in [1.82, 2.24) is 9.80 Å². The molecular formula is C30H36ClN3O7. The van der Waals surface area contributed by atoms with Crippen LogP contribution < -0.4 is 5.73 Å². The van der Waals surface area contributed by atoms with Crippen molar-refractivity contribution in [2.75, 3.05) is 20.6 Å². The van der Waals surface area contributed by atoms with Crippen molar-refractivity contribution < 1.29 is 34.8 Å². The van der Waals surface area contributed by atoms with Gasteiger partial charge in [0.1, 0.15) is 22.8 Å². The lowest BCUT2D eigenvalue weighted by atomic mass is 9.57. The molecule has 0 bridgehead atoms. The molecule has 5 aliphatic carbocycles. The van der Waals surface area contributed by atoms with E-state index in [9.17, 15) is 34.8 Å². The number of ketones is 2. The van der Waals surface area contributed by atoms with E-state index in [4.69, 9.17) is 17.3 Å². The summed E-state index contributed by atoms with van der Waals surface area (Å²) in [6, 6.07) is 0.400. The van der Waals surface area contributed by atoms with E-state index in [1.165, 1.54) is 23.8 Å². The summed E-state index contributed by atoms with van der Waals surface area (Å²) in [6.07, 6.45) is 4.95. The molecule has 3 saturated carbocycles. The number of phenolic OH excluding ortho intramolecular Hbond substituents is 1. The lowest BCUT2D eigenvalue weighted by Crippen LogP contribution is -2.65. The van der Waals surface area contributed by atoms with Crippen LogP contribution in [-0.2, 0) is 27.3 Å². The van der Waals surface area contributed by atoms with E-state index in [-0.39, 0.29) is 35.3 Å². The van der Waals surface area contributed by atoms with Gasteiger partial charge in [0.2, 0.25) is 5.78 Å². The van der Waals surface area contributed by atoms with Gasteiger partial charge in [0.05, 0.1) is 11.6 Å². The summed E-state index contributed by atoms with van der Waals surface area (Å²) in [6.45, 7) is 3.49. The summed E-state index contributed by atoms with van der Waals surface area (Å²) < 4.78 is 0. The lowest BCUT2D eigenvalue weighted by molar-refractivity contribution is -0.153. The fourth-order valence-corrected chi connectivity index (χ4v) is 8.27. The second-order valence-corrected chi connectivity index (χ2v) is 13.0. The Morgan fingerprint density at radius 1 is 1.17 bits per heavy atom. The average Bonchev–Trinajstić information content (AvgIpc) is 3.80. The van der Waals surface area contributed by atoms with Gasteiger partial charge in [-0.05, 0) is 88.2 Å². The van der Waals surface area contributed by atoms with Crippen LogP contribution >= 0.6 is 11.6 Å². The topological polar surface area (TPSA) is 165 Å². The molecule has 10 nitrogen and oxygen atoms in total. The van der Waals surface area contributed by atoms with E-state index < -0.39 is 58.0 Å². The van der Waals surface area contributed by atoms with Crippen LogP contribution in [0.25, 0.3) is 5.76 Å². The summed E-state index contributed by atoms with van der Waals surface area (Å²) in [5, 5.41) is 45.6. The van der Waals surface area contributed by atoms with Gasteiger partial charge in [0, 0.05) is 28.6 Å². The molecule has 1 aromatic carbocycles. The third-order valence-electron chi connectivity index (χ3n) is 10.2. The lowest BCUT2D eigenvalue weighted by Gasteiger charge is -2.50. The maximum atomic E-state index is 14.0. The monoisotopic (exact) mass is 585 g/mol. The number of phenols is 1. The predicted octanol–water partition coefficient (Wildman–Crippen LogP) is 2.38. The zero-order chi connectivity index (χ0) is 29.8. The van der Waals surface area contributed by atoms with Crippen LogP contribution in [0.4, 0.5) is 0 Å². The number of amides is 1. The molecule has 0 unspecified atom stereocenters. The number of hydrogen-bond acceptors (Lipinski definition) is 9. The smallest absolute Gasteiger partial charge is 0.255 e. The van der Waals surface area contributed by atoms with E-state index in [1.54, 1.807) is 14.1 Å². The zero-order valence-electron chi connectivity index (χ0n) is 23.4. The third-order valence-corrected chi connectivity index (χ3v) is 10.7.